The van der Waals surface area contributed by atoms with Gasteiger partial charge in [0.25, 0.3) is 5.91 Å². The summed E-state index contributed by atoms with van der Waals surface area (Å²) in [4.78, 5) is 11.8. The zero-order chi connectivity index (χ0) is 13.0. The second-order valence-corrected chi connectivity index (χ2v) is 4.24. The molecule has 3 N–H and O–H groups in total. The number of aromatic nitrogens is 2. The molecule has 1 heterocycles. The van der Waals surface area contributed by atoms with E-state index < -0.39 is 0 Å². The lowest BCUT2D eigenvalue weighted by atomic mass is 10.3. The Bertz CT molecular complexity index is 428. The van der Waals surface area contributed by atoms with Gasteiger partial charge in [-0.25, -0.2) is 0 Å². The molecule has 1 rings (SSSR count). The Hall–Kier alpha value is -1.47. The van der Waals surface area contributed by atoms with Gasteiger partial charge in [-0.15, -0.1) is 0 Å². The normalized spacial score (nSPS) is 10.6. The van der Waals surface area contributed by atoms with Crippen LogP contribution in [0.2, 0.25) is 0 Å². The first kappa shape index (κ1) is 13.6. The van der Waals surface area contributed by atoms with Crippen molar-refractivity contribution < 1.29 is 9.53 Å². The number of nitrogens with two attached hydrogens (primary N) is 1. The highest BCUT2D eigenvalue weighted by atomic mass is 32.1. The molecule has 0 aliphatic carbocycles. The van der Waals surface area contributed by atoms with Gasteiger partial charge in [0.15, 0.2) is 0 Å². The van der Waals surface area contributed by atoms with E-state index in [9.17, 15) is 4.79 Å². The van der Waals surface area contributed by atoms with E-state index in [0.29, 0.717) is 11.4 Å². The van der Waals surface area contributed by atoms with Gasteiger partial charge < -0.3 is 15.8 Å². The van der Waals surface area contributed by atoms with Gasteiger partial charge in [-0.05, 0) is 13.8 Å². The Balaban J connectivity index is 2.71. The zero-order valence-corrected chi connectivity index (χ0v) is 10.9. The number of thiocarbonyl (C=S) groups is 1. The molecule has 0 bridgehead atoms. The van der Waals surface area contributed by atoms with Crippen molar-refractivity contribution in [1.29, 1.82) is 0 Å². The maximum Gasteiger partial charge on any atom is 0.251 e. The Labute approximate surface area is 105 Å². The smallest absolute Gasteiger partial charge is 0.251 e. The topological polar surface area (TPSA) is 82.2 Å². The van der Waals surface area contributed by atoms with Gasteiger partial charge in [0.05, 0.1) is 17.9 Å². The average molecular weight is 256 g/mol. The molecule has 0 aliphatic heterocycles. The number of ether oxygens (including phenoxy) is 1. The van der Waals surface area contributed by atoms with Crippen LogP contribution < -0.4 is 11.1 Å². The molecule has 1 aromatic heterocycles. The molecule has 0 atom stereocenters. The SMILES string of the molecule is CC(C)OCC(=O)Nc1c(C(N)=S)cnn1C. The summed E-state index contributed by atoms with van der Waals surface area (Å²) >= 11 is 4.86. The van der Waals surface area contributed by atoms with Crippen LogP contribution in [0.1, 0.15) is 19.4 Å². The van der Waals surface area contributed by atoms with E-state index in [1.54, 1.807) is 7.05 Å². The van der Waals surface area contributed by atoms with Gasteiger partial charge in [0.1, 0.15) is 17.4 Å². The second-order valence-electron chi connectivity index (χ2n) is 3.80. The number of hydrogen-bond donors (Lipinski definition) is 2. The maximum absolute atomic E-state index is 11.6. The van der Waals surface area contributed by atoms with Gasteiger partial charge in [-0.3, -0.25) is 9.48 Å². The summed E-state index contributed by atoms with van der Waals surface area (Å²) in [6.45, 7) is 3.70. The molecule has 1 aromatic rings. The van der Waals surface area contributed by atoms with Crippen molar-refractivity contribution in [3.63, 3.8) is 0 Å². The van der Waals surface area contributed by atoms with E-state index in [0.717, 1.165) is 0 Å². The van der Waals surface area contributed by atoms with Gasteiger partial charge >= 0.3 is 0 Å². The van der Waals surface area contributed by atoms with Crippen molar-refractivity contribution in [2.75, 3.05) is 11.9 Å². The third-order valence-corrected chi connectivity index (χ3v) is 2.23. The van der Waals surface area contributed by atoms with E-state index in [-0.39, 0.29) is 23.6 Å². The number of nitrogens with zero attached hydrogens (tertiary/aromatic N) is 2. The van der Waals surface area contributed by atoms with Gasteiger partial charge in [-0.1, -0.05) is 12.2 Å². The highest BCUT2D eigenvalue weighted by Gasteiger charge is 2.13. The van der Waals surface area contributed by atoms with Crippen molar-refractivity contribution in [3.05, 3.63) is 11.8 Å². The molecule has 0 spiro atoms. The van der Waals surface area contributed by atoms with E-state index in [2.05, 4.69) is 10.4 Å². The van der Waals surface area contributed by atoms with E-state index in [1.165, 1.54) is 10.9 Å². The molecule has 1 amide bonds. The minimum Gasteiger partial charge on any atom is -0.389 e. The van der Waals surface area contributed by atoms with Gasteiger partial charge in [0.2, 0.25) is 0 Å². The first-order chi connectivity index (χ1) is 7.91. The predicted octanol–water partition coefficient (Wildman–Crippen LogP) is 0.418. The molecule has 0 saturated carbocycles. The van der Waals surface area contributed by atoms with Crippen LogP contribution in [-0.4, -0.2) is 33.4 Å². The number of rotatable bonds is 5. The number of nitrogens with one attached hydrogen (secondary N) is 1. The second kappa shape index (κ2) is 5.74. The highest BCUT2D eigenvalue weighted by molar-refractivity contribution is 7.80. The fourth-order valence-corrected chi connectivity index (χ4v) is 1.33. The van der Waals surface area contributed by atoms with Crippen LogP contribution in [0.4, 0.5) is 5.82 Å². The number of aryl methyl sites for hydroxylation is 1. The van der Waals surface area contributed by atoms with Crippen LogP contribution in [-0.2, 0) is 16.6 Å². The number of amides is 1. The summed E-state index contributed by atoms with van der Waals surface area (Å²) in [5, 5.41) is 6.64. The number of carbonyl (C=O) groups excluding carboxylic acids is 1. The van der Waals surface area contributed by atoms with E-state index in [4.69, 9.17) is 22.7 Å². The lowest BCUT2D eigenvalue weighted by molar-refractivity contribution is -0.122. The molecule has 0 fully saturated rings. The van der Waals surface area contributed by atoms with E-state index in [1.807, 2.05) is 13.8 Å². The molecule has 0 aliphatic rings. The number of hydrogen-bond acceptors (Lipinski definition) is 4. The van der Waals surface area contributed by atoms with Crippen LogP contribution in [0.15, 0.2) is 6.20 Å². The molecule has 7 heteroatoms. The maximum atomic E-state index is 11.6. The minimum absolute atomic E-state index is 0.00217. The monoisotopic (exact) mass is 256 g/mol. The Morgan fingerprint density at radius 3 is 2.88 bits per heavy atom. The van der Waals surface area contributed by atoms with Crippen molar-refractivity contribution in [2.45, 2.75) is 20.0 Å². The quantitative estimate of drug-likeness (QED) is 0.746. The molecule has 94 valence electrons. The van der Waals surface area contributed by atoms with Gasteiger partial charge in [0, 0.05) is 7.05 Å². The lowest BCUT2D eigenvalue weighted by Crippen LogP contribution is -2.23. The summed E-state index contributed by atoms with van der Waals surface area (Å²) in [7, 11) is 1.70. The largest absolute Gasteiger partial charge is 0.389 e. The van der Waals surface area contributed by atoms with Crippen LogP contribution >= 0.6 is 12.2 Å². The first-order valence-corrected chi connectivity index (χ1v) is 5.56. The molecule has 0 unspecified atom stereocenters. The molecule has 6 nitrogen and oxygen atoms in total. The van der Waals surface area contributed by atoms with Crippen LogP contribution in [0.25, 0.3) is 0 Å². The van der Waals surface area contributed by atoms with Crippen molar-refractivity contribution >= 4 is 28.9 Å². The Morgan fingerprint density at radius 1 is 1.71 bits per heavy atom. The highest BCUT2D eigenvalue weighted by Crippen LogP contribution is 2.13. The third-order valence-electron chi connectivity index (χ3n) is 2.01. The molecule has 17 heavy (non-hydrogen) atoms. The van der Waals surface area contributed by atoms with Gasteiger partial charge in [-0.2, -0.15) is 5.10 Å². The molecule has 0 radical (unpaired) electrons. The van der Waals surface area contributed by atoms with Crippen LogP contribution in [0, 0.1) is 0 Å². The Morgan fingerprint density at radius 2 is 2.35 bits per heavy atom. The molecular formula is C10H16N4O2S. The fraction of sp³-hybridized carbons (Fsp3) is 0.500. The minimum atomic E-state index is -0.264. The van der Waals surface area contributed by atoms with Crippen LogP contribution in [0.3, 0.4) is 0 Å². The lowest BCUT2D eigenvalue weighted by Gasteiger charge is -2.09. The summed E-state index contributed by atoms with van der Waals surface area (Å²) in [5.41, 5.74) is 6.06. The van der Waals surface area contributed by atoms with Crippen LogP contribution in [0.5, 0.6) is 0 Å². The number of carbonyl (C=O) groups is 1. The predicted molar refractivity (Wildman–Crippen MR) is 68.8 cm³/mol. The van der Waals surface area contributed by atoms with E-state index >= 15 is 0 Å². The van der Waals surface area contributed by atoms with Crippen molar-refractivity contribution in [1.82, 2.24) is 9.78 Å². The summed E-state index contributed by atoms with van der Waals surface area (Å²) in [5.74, 6) is 0.217. The average Bonchev–Trinajstić information content (AvgIpc) is 2.58. The molecule has 0 aromatic carbocycles. The molecular weight excluding hydrogens is 240 g/mol. The summed E-state index contributed by atoms with van der Waals surface area (Å²) in [6, 6.07) is 0. The zero-order valence-electron chi connectivity index (χ0n) is 10.1. The first-order valence-electron chi connectivity index (χ1n) is 5.15. The molecule has 0 saturated heterocycles. The third kappa shape index (κ3) is 3.79. The number of anilines is 1. The standard InChI is InChI=1S/C10H16N4O2S/c1-6(2)16-5-8(15)13-10-7(9(11)17)4-12-14(10)3/h4,6H,5H2,1-3H3,(H2,11,17)(H,13,15). The van der Waals surface area contributed by atoms with Crippen molar-refractivity contribution in [2.24, 2.45) is 12.8 Å². The Kier molecular flexibility index (Phi) is 4.59. The fourth-order valence-electron chi connectivity index (χ4n) is 1.18. The summed E-state index contributed by atoms with van der Waals surface area (Å²) in [6.07, 6.45) is 1.52. The van der Waals surface area contributed by atoms with Crippen molar-refractivity contribution in [3.8, 4) is 0 Å². The summed E-state index contributed by atoms with van der Waals surface area (Å²) < 4.78 is 6.69.